The van der Waals surface area contributed by atoms with Crippen LogP contribution in [0.25, 0.3) is 0 Å². The van der Waals surface area contributed by atoms with Crippen LogP contribution in [-0.4, -0.2) is 29.0 Å². The topological polar surface area (TPSA) is 66.8 Å². The molecule has 0 aliphatic heterocycles. The third-order valence-electron chi connectivity index (χ3n) is 1.54. The van der Waals surface area contributed by atoms with E-state index in [0.717, 1.165) is 0 Å². The van der Waals surface area contributed by atoms with E-state index < -0.39 is 14.2 Å². The van der Waals surface area contributed by atoms with E-state index in [2.05, 4.69) is 6.58 Å². The minimum atomic E-state index is -4.74. The van der Waals surface area contributed by atoms with Crippen molar-refractivity contribution in [2.75, 3.05) is 6.61 Å². The number of ether oxygens (including phenoxy) is 1. The Morgan fingerprint density at radius 2 is 1.93 bits per heavy atom. The van der Waals surface area contributed by atoms with E-state index in [-0.39, 0.29) is 4.35 Å². The molecular formula is C9H11AsO4. The standard InChI is InChI=1S/C9H11AsO4/c1-2-7-14-9-5-3-8(4-6-9)10(11,12)13/h2-6H,1,7H2,(H2,11,12,13). The molecule has 0 aliphatic rings. The van der Waals surface area contributed by atoms with Gasteiger partial charge in [-0.15, -0.1) is 0 Å². The Bertz CT molecular complexity index is 352. The zero-order valence-corrected chi connectivity index (χ0v) is 9.34. The summed E-state index contributed by atoms with van der Waals surface area (Å²) in [4.78, 5) is 0. The van der Waals surface area contributed by atoms with Crippen LogP contribution in [0.5, 0.6) is 5.75 Å². The maximum absolute atomic E-state index is 10.9. The fourth-order valence-corrected chi connectivity index (χ4v) is 2.02. The molecule has 5 heteroatoms. The predicted octanol–water partition coefficient (Wildman–Crippen LogP) is -0.188. The molecule has 14 heavy (non-hydrogen) atoms. The zero-order chi connectivity index (χ0) is 10.6. The molecule has 0 saturated heterocycles. The van der Waals surface area contributed by atoms with Gasteiger partial charge in [0, 0.05) is 0 Å². The summed E-state index contributed by atoms with van der Waals surface area (Å²) >= 11 is -4.74. The van der Waals surface area contributed by atoms with E-state index in [4.69, 9.17) is 12.9 Å². The van der Waals surface area contributed by atoms with Crippen molar-refractivity contribution in [2.24, 2.45) is 0 Å². The van der Waals surface area contributed by atoms with Crippen molar-refractivity contribution in [1.82, 2.24) is 0 Å². The molecule has 0 heterocycles. The summed E-state index contributed by atoms with van der Waals surface area (Å²) in [5.41, 5.74) is 0. The van der Waals surface area contributed by atoms with Gasteiger partial charge in [-0.2, -0.15) is 0 Å². The van der Waals surface area contributed by atoms with Crippen LogP contribution in [0, 0.1) is 0 Å². The summed E-state index contributed by atoms with van der Waals surface area (Å²) in [6.45, 7) is 3.86. The number of benzene rings is 1. The molecule has 0 aliphatic carbocycles. The van der Waals surface area contributed by atoms with Crippen molar-refractivity contribution in [3.63, 3.8) is 0 Å². The van der Waals surface area contributed by atoms with Crippen molar-refractivity contribution < 1.29 is 16.7 Å². The molecule has 0 saturated carbocycles. The first-order valence-corrected chi connectivity index (χ1v) is 7.32. The molecule has 1 aromatic rings. The third kappa shape index (κ3) is 3.07. The van der Waals surface area contributed by atoms with E-state index >= 15 is 0 Å². The second-order valence-electron chi connectivity index (χ2n) is 2.64. The minimum absolute atomic E-state index is 0.0501. The van der Waals surface area contributed by atoms with Crippen molar-refractivity contribution >= 4 is 18.5 Å². The fourth-order valence-electron chi connectivity index (χ4n) is 0.892. The van der Waals surface area contributed by atoms with Crippen LogP contribution in [0.4, 0.5) is 0 Å². The third-order valence-corrected chi connectivity index (χ3v) is 3.58. The average Bonchev–Trinajstić information content (AvgIpc) is 2.14. The molecule has 2 N–H and O–H groups in total. The van der Waals surface area contributed by atoms with Gasteiger partial charge in [-0.1, -0.05) is 0 Å². The van der Waals surface area contributed by atoms with Crippen LogP contribution >= 0.6 is 0 Å². The summed E-state index contributed by atoms with van der Waals surface area (Å²) < 4.78 is 33.8. The molecule has 0 amide bonds. The fraction of sp³-hybridized carbons (Fsp3) is 0.111. The summed E-state index contributed by atoms with van der Waals surface area (Å²) in [5, 5.41) is 0. The molecule has 0 bridgehead atoms. The molecule has 0 atom stereocenters. The number of hydrogen-bond acceptors (Lipinski definition) is 2. The Morgan fingerprint density at radius 1 is 1.36 bits per heavy atom. The molecule has 1 rings (SSSR count). The quantitative estimate of drug-likeness (QED) is 0.580. The van der Waals surface area contributed by atoms with Gasteiger partial charge in [0.25, 0.3) is 0 Å². The van der Waals surface area contributed by atoms with E-state index in [1.165, 1.54) is 24.3 Å². The van der Waals surface area contributed by atoms with Gasteiger partial charge >= 0.3 is 84.5 Å². The molecule has 0 unspecified atom stereocenters. The molecule has 0 spiro atoms. The van der Waals surface area contributed by atoms with Gasteiger partial charge in [0.2, 0.25) is 0 Å². The van der Waals surface area contributed by atoms with Crippen LogP contribution in [0.2, 0.25) is 0 Å². The molecular weight excluding hydrogens is 247 g/mol. The summed E-state index contributed by atoms with van der Waals surface area (Å²) in [7, 11) is 0. The molecule has 76 valence electrons. The molecule has 0 fully saturated rings. The Morgan fingerprint density at radius 3 is 2.36 bits per heavy atom. The van der Waals surface area contributed by atoms with Crippen LogP contribution in [-0.2, 0) is 3.74 Å². The van der Waals surface area contributed by atoms with Gasteiger partial charge < -0.3 is 0 Å². The van der Waals surface area contributed by atoms with Gasteiger partial charge in [-0.05, 0) is 0 Å². The first-order valence-electron chi connectivity index (χ1n) is 3.94. The predicted molar refractivity (Wildman–Crippen MR) is 52.6 cm³/mol. The number of rotatable bonds is 4. The molecule has 0 aromatic heterocycles. The van der Waals surface area contributed by atoms with E-state index in [1.807, 2.05) is 0 Å². The molecule has 4 nitrogen and oxygen atoms in total. The van der Waals surface area contributed by atoms with Gasteiger partial charge in [0.1, 0.15) is 0 Å². The molecule has 1 aromatic carbocycles. The molecule has 0 radical (unpaired) electrons. The van der Waals surface area contributed by atoms with Gasteiger partial charge in [-0.3, -0.25) is 0 Å². The SMILES string of the molecule is C=CCOc1ccc([As](=O)(O)O)cc1. The summed E-state index contributed by atoms with van der Waals surface area (Å²) in [5.74, 6) is 0.567. The van der Waals surface area contributed by atoms with Gasteiger partial charge in [-0.25, -0.2) is 0 Å². The Kier molecular flexibility index (Phi) is 3.58. The second-order valence-corrected chi connectivity index (χ2v) is 6.00. The van der Waals surface area contributed by atoms with Crippen molar-refractivity contribution in [1.29, 1.82) is 0 Å². The monoisotopic (exact) mass is 258 g/mol. The number of hydrogen-bond donors (Lipinski definition) is 2. The first kappa shape index (κ1) is 11.1. The maximum atomic E-state index is 10.9. The van der Waals surface area contributed by atoms with E-state index in [1.54, 1.807) is 6.08 Å². The summed E-state index contributed by atoms with van der Waals surface area (Å²) in [6, 6.07) is 5.80. The van der Waals surface area contributed by atoms with Crippen LogP contribution in [0.15, 0.2) is 36.9 Å². The van der Waals surface area contributed by atoms with Crippen LogP contribution < -0.4 is 9.09 Å². The van der Waals surface area contributed by atoms with E-state index in [9.17, 15) is 3.74 Å². The second kappa shape index (κ2) is 4.51. The Labute approximate surface area is 84.8 Å². The Hall–Kier alpha value is -0.962. The Balaban J connectivity index is 2.79. The van der Waals surface area contributed by atoms with Gasteiger partial charge in [0.15, 0.2) is 0 Å². The van der Waals surface area contributed by atoms with Crippen molar-refractivity contribution in [2.45, 2.75) is 0 Å². The van der Waals surface area contributed by atoms with Crippen molar-refractivity contribution in [3.05, 3.63) is 36.9 Å². The van der Waals surface area contributed by atoms with Crippen LogP contribution in [0.3, 0.4) is 0 Å². The van der Waals surface area contributed by atoms with Crippen molar-refractivity contribution in [3.8, 4) is 5.75 Å². The van der Waals surface area contributed by atoms with Gasteiger partial charge in [0.05, 0.1) is 0 Å². The summed E-state index contributed by atoms with van der Waals surface area (Å²) in [6.07, 6.45) is 1.60. The zero-order valence-electron chi connectivity index (χ0n) is 7.46. The average molecular weight is 258 g/mol. The normalized spacial score (nSPS) is 11.0. The van der Waals surface area contributed by atoms with E-state index in [0.29, 0.717) is 12.4 Å². The first-order chi connectivity index (χ1) is 6.54. The van der Waals surface area contributed by atoms with Crippen LogP contribution in [0.1, 0.15) is 0 Å².